The Kier molecular flexibility index (Phi) is 6.06. The second kappa shape index (κ2) is 8.46. The smallest absolute Gasteiger partial charge is 0.206 e. The number of ketones is 1. The van der Waals surface area contributed by atoms with Crippen LogP contribution in [0, 0.1) is 0 Å². The zero-order chi connectivity index (χ0) is 17.6. The minimum absolute atomic E-state index is 0.0913. The van der Waals surface area contributed by atoms with Crippen molar-refractivity contribution in [2.45, 2.75) is 17.7 Å². The van der Waals surface area contributed by atoms with Crippen LogP contribution in [0.2, 0.25) is 0 Å². The number of fused-ring (bicyclic) bond motifs is 1. The number of hydrogen-bond donors (Lipinski definition) is 2. The number of nitrogens with one attached hydrogen (secondary N) is 2. The maximum Gasteiger partial charge on any atom is 0.206 e. The van der Waals surface area contributed by atoms with Crippen molar-refractivity contribution >= 4 is 44.9 Å². The number of benzene rings is 1. The highest BCUT2D eigenvalue weighted by molar-refractivity contribution is 8.01. The van der Waals surface area contributed by atoms with Gasteiger partial charge in [0.1, 0.15) is 0 Å². The monoisotopic (exact) mass is 376 g/mol. The van der Waals surface area contributed by atoms with E-state index in [0.717, 1.165) is 32.4 Å². The van der Waals surface area contributed by atoms with E-state index in [4.69, 9.17) is 4.74 Å². The third-order valence-corrected chi connectivity index (χ3v) is 5.81. The van der Waals surface area contributed by atoms with Crippen molar-refractivity contribution in [3.8, 4) is 0 Å². The molecule has 0 saturated heterocycles. The zero-order valence-corrected chi connectivity index (χ0v) is 15.8. The quantitative estimate of drug-likeness (QED) is 0.337. The van der Waals surface area contributed by atoms with Gasteiger partial charge in [-0.25, -0.2) is 0 Å². The number of thioether (sulfide) groups is 1. The number of rotatable bonds is 9. The van der Waals surface area contributed by atoms with Crippen LogP contribution in [-0.2, 0) is 11.2 Å². The summed E-state index contributed by atoms with van der Waals surface area (Å²) < 4.78 is 5.76. The first-order valence-electron chi connectivity index (χ1n) is 8.04. The van der Waals surface area contributed by atoms with Crippen molar-refractivity contribution in [2.75, 3.05) is 31.3 Å². The molecule has 0 aliphatic carbocycles. The maximum absolute atomic E-state index is 12.6. The Morgan fingerprint density at radius 1 is 1.40 bits per heavy atom. The van der Waals surface area contributed by atoms with Gasteiger partial charge in [-0.1, -0.05) is 48.2 Å². The molecule has 3 rings (SSSR count). The second-order valence-electron chi connectivity index (χ2n) is 5.40. The zero-order valence-electron chi connectivity index (χ0n) is 14.2. The Labute approximate surface area is 154 Å². The van der Waals surface area contributed by atoms with Crippen LogP contribution in [0.5, 0.6) is 0 Å². The molecule has 0 amide bonds. The van der Waals surface area contributed by atoms with Gasteiger partial charge in [-0.3, -0.25) is 4.79 Å². The van der Waals surface area contributed by atoms with Crippen molar-refractivity contribution in [1.29, 1.82) is 0 Å². The molecule has 0 fully saturated rings. The molecule has 0 saturated carbocycles. The van der Waals surface area contributed by atoms with Crippen LogP contribution < -0.4 is 5.32 Å². The Balaban J connectivity index is 1.63. The molecule has 6 nitrogen and oxygen atoms in total. The van der Waals surface area contributed by atoms with Crippen LogP contribution in [0.4, 0.5) is 5.13 Å². The van der Waals surface area contributed by atoms with Gasteiger partial charge in [0.05, 0.1) is 12.4 Å². The molecule has 0 radical (unpaired) electrons. The minimum atomic E-state index is 0.0913. The summed E-state index contributed by atoms with van der Waals surface area (Å²) in [6.45, 7) is 3.41. The molecule has 0 aliphatic heterocycles. The second-order valence-corrected chi connectivity index (χ2v) is 7.60. The predicted molar refractivity (Wildman–Crippen MR) is 103 cm³/mol. The highest BCUT2D eigenvalue weighted by atomic mass is 32.2. The summed E-state index contributed by atoms with van der Waals surface area (Å²) in [5.74, 6) is 0.435. The predicted octanol–water partition coefficient (Wildman–Crippen LogP) is 3.62. The number of para-hydroxylation sites is 1. The van der Waals surface area contributed by atoms with E-state index >= 15 is 0 Å². The number of ether oxygens (including phenoxy) is 1. The van der Waals surface area contributed by atoms with E-state index in [2.05, 4.69) is 33.5 Å². The van der Waals surface area contributed by atoms with E-state index < -0.39 is 0 Å². The Morgan fingerprint density at radius 3 is 3.08 bits per heavy atom. The van der Waals surface area contributed by atoms with Crippen LogP contribution in [0.3, 0.4) is 0 Å². The third-order valence-electron chi connectivity index (χ3n) is 3.80. The molecule has 25 heavy (non-hydrogen) atoms. The van der Waals surface area contributed by atoms with E-state index in [0.29, 0.717) is 18.9 Å². The lowest BCUT2D eigenvalue weighted by Crippen LogP contribution is -2.06. The first-order chi connectivity index (χ1) is 12.2. The van der Waals surface area contributed by atoms with Crippen molar-refractivity contribution in [1.82, 2.24) is 15.2 Å². The highest BCUT2D eigenvalue weighted by Gasteiger charge is 2.15. The first kappa shape index (κ1) is 17.9. The van der Waals surface area contributed by atoms with Crippen LogP contribution in [0.15, 0.2) is 28.7 Å². The minimum Gasteiger partial charge on any atom is -0.383 e. The molecule has 2 heterocycles. The van der Waals surface area contributed by atoms with Crippen molar-refractivity contribution in [3.63, 3.8) is 0 Å². The van der Waals surface area contributed by atoms with E-state index in [1.54, 1.807) is 7.11 Å². The number of nitrogens with zero attached hydrogens (tertiary/aromatic N) is 2. The fraction of sp³-hybridized carbons (Fsp3) is 0.353. The summed E-state index contributed by atoms with van der Waals surface area (Å²) in [7, 11) is 1.66. The topological polar surface area (TPSA) is 79.9 Å². The van der Waals surface area contributed by atoms with Gasteiger partial charge in [0.25, 0.3) is 0 Å². The van der Waals surface area contributed by atoms with Crippen molar-refractivity contribution in [3.05, 3.63) is 35.5 Å². The summed E-state index contributed by atoms with van der Waals surface area (Å²) in [5.41, 5.74) is 3.01. The van der Waals surface area contributed by atoms with Gasteiger partial charge in [-0.05, 0) is 12.0 Å². The van der Waals surface area contributed by atoms with Gasteiger partial charge in [-0.15, -0.1) is 10.2 Å². The lowest BCUT2D eigenvalue weighted by molar-refractivity contribution is 0.102. The molecule has 0 unspecified atom stereocenters. The lowest BCUT2D eigenvalue weighted by Gasteiger charge is -2.01. The molecule has 0 spiro atoms. The van der Waals surface area contributed by atoms with Gasteiger partial charge >= 0.3 is 0 Å². The molecule has 0 bridgehead atoms. The number of carbonyl (C=O) groups excluding carboxylic acids is 1. The number of carbonyl (C=O) groups is 1. The SMILES string of the molecule is CCc1cccc2c(C(=O)CSc3nnc(NCCOC)s3)c[nH]c12. The maximum atomic E-state index is 12.6. The fourth-order valence-corrected chi connectivity index (χ4v) is 4.21. The Morgan fingerprint density at radius 2 is 2.28 bits per heavy atom. The molecule has 0 aliphatic rings. The number of anilines is 1. The molecule has 2 aromatic heterocycles. The lowest BCUT2D eigenvalue weighted by atomic mass is 10.1. The van der Waals surface area contributed by atoms with E-state index in [9.17, 15) is 4.79 Å². The van der Waals surface area contributed by atoms with Gasteiger partial charge in [-0.2, -0.15) is 0 Å². The third kappa shape index (κ3) is 4.20. The van der Waals surface area contributed by atoms with Crippen LogP contribution in [0.1, 0.15) is 22.8 Å². The molecule has 2 N–H and O–H groups in total. The number of Topliss-reactive ketones (excluding diaryl/α,β-unsaturated/α-hetero) is 1. The first-order valence-corrected chi connectivity index (χ1v) is 9.84. The van der Waals surface area contributed by atoms with Crippen molar-refractivity contribution < 1.29 is 9.53 Å². The molecule has 3 aromatic rings. The summed E-state index contributed by atoms with van der Waals surface area (Å²) in [5, 5.41) is 13.0. The summed E-state index contributed by atoms with van der Waals surface area (Å²) in [6.07, 6.45) is 2.74. The molecular formula is C17H20N4O2S2. The van der Waals surface area contributed by atoms with E-state index in [1.165, 1.54) is 28.7 Å². The Bertz CT molecular complexity index is 859. The van der Waals surface area contributed by atoms with Crippen LogP contribution in [-0.4, -0.2) is 47.0 Å². The summed E-state index contributed by atoms with van der Waals surface area (Å²) in [6, 6.07) is 6.08. The van der Waals surface area contributed by atoms with Gasteiger partial charge in [0, 0.05) is 36.3 Å². The Hall–Kier alpha value is -1.90. The number of aromatic nitrogens is 3. The van der Waals surface area contributed by atoms with Crippen LogP contribution >= 0.6 is 23.1 Å². The molecule has 0 atom stereocenters. The van der Waals surface area contributed by atoms with Gasteiger partial charge in [0.2, 0.25) is 5.13 Å². The molecule has 8 heteroatoms. The van der Waals surface area contributed by atoms with Crippen molar-refractivity contribution in [2.24, 2.45) is 0 Å². The average molecular weight is 377 g/mol. The number of H-pyrrole nitrogens is 1. The average Bonchev–Trinajstić information content (AvgIpc) is 3.26. The number of aromatic amines is 1. The molecule has 1 aromatic carbocycles. The van der Waals surface area contributed by atoms with Gasteiger partial charge < -0.3 is 15.0 Å². The van der Waals surface area contributed by atoms with E-state index in [1.807, 2.05) is 18.3 Å². The number of hydrogen-bond acceptors (Lipinski definition) is 7. The fourth-order valence-electron chi connectivity index (χ4n) is 2.55. The summed E-state index contributed by atoms with van der Waals surface area (Å²) >= 11 is 2.86. The largest absolute Gasteiger partial charge is 0.383 e. The molecule has 132 valence electrons. The van der Waals surface area contributed by atoms with Gasteiger partial charge in [0.15, 0.2) is 10.1 Å². The van der Waals surface area contributed by atoms with E-state index in [-0.39, 0.29) is 5.78 Å². The number of aryl methyl sites for hydroxylation is 1. The highest BCUT2D eigenvalue weighted by Crippen LogP contribution is 2.28. The van der Waals surface area contributed by atoms with Crippen LogP contribution in [0.25, 0.3) is 10.9 Å². The number of methoxy groups -OCH3 is 1. The normalized spacial score (nSPS) is 11.1. The standard InChI is InChI=1S/C17H20N4O2S2/c1-3-11-5-4-6-12-13(9-19-15(11)12)14(22)10-24-17-21-20-16(25-17)18-7-8-23-2/h4-6,9,19H,3,7-8,10H2,1-2H3,(H,18,20). The summed E-state index contributed by atoms with van der Waals surface area (Å²) in [4.78, 5) is 15.8. The molecular weight excluding hydrogens is 356 g/mol.